The van der Waals surface area contributed by atoms with Gasteiger partial charge >= 0.3 is 0 Å². The van der Waals surface area contributed by atoms with Gasteiger partial charge in [-0.2, -0.15) is 0 Å². The normalized spacial score (nSPS) is 11.6. The Morgan fingerprint density at radius 3 is 1.30 bits per heavy atom. The Morgan fingerprint density at radius 1 is 0.261 bits per heavy atom. The topological polar surface area (TPSA) is 9.86 Å². The summed E-state index contributed by atoms with van der Waals surface area (Å²) in [6.07, 6.45) is 0. The van der Waals surface area contributed by atoms with Crippen molar-refractivity contribution in [2.24, 2.45) is 0 Å². The van der Waals surface area contributed by atoms with E-state index in [0.717, 1.165) is 83.3 Å². The van der Waals surface area contributed by atoms with Gasteiger partial charge in [-0.1, -0.05) is 191 Å². The van der Waals surface area contributed by atoms with Crippen molar-refractivity contribution in [1.29, 1.82) is 0 Å². The van der Waals surface area contributed by atoms with Crippen LogP contribution >= 0.6 is 0 Å². The number of rotatable bonds is 7. The van der Waals surface area contributed by atoms with Crippen molar-refractivity contribution in [3.63, 3.8) is 0 Å². The Bertz CT molecular complexity index is 3990. The molecule has 12 aromatic rings. The highest BCUT2D eigenvalue weighted by Gasteiger charge is 2.25. The third-order valence-corrected chi connectivity index (χ3v) is 13.8. The van der Waals surface area contributed by atoms with Crippen LogP contribution in [-0.2, 0) is 0 Å². The Labute approximate surface area is 410 Å². The Kier molecular flexibility index (Phi) is 10.4. The predicted molar refractivity (Wildman–Crippen MR) is 300 cm³/mol. The van der Waals surface area contributed by atoms with Gasteiger partial charge in [0.05, 0.1) is 11.0 Å². The first-order chi connectivity index (χ1) is 33.7. The number of fused-ring (bicyclic) bond motifs is 6. The number of nitrogens with zero attached hydrogens (tertiary/aromatic N) is 2. The first-order valence-electron chi connectivity index (χ1n) is 22.8. The summed E-state index contributed by atoms with van der Waals surface area (Å²) in [6.45, 7) is 0. The second-order valence-electron chi connectivity index (χ2n) is 17.6. The summed E-state index contributed by atoms with van der Waals surface area (Å²) >= 11 is 0. The minimum Gasteiger partial charge on any atom is -0.311 e. The van der Waals surface area contributed by atoms with E-state index in [-0.39, 0.29) is 21.9 Å². The van der Waals surface area contributed by atoms with Crippen molar-refractivity contribution in [3.05, 3.63) is 200 Å². The van der Waals surface area contributed by atoms with Crippen LogP contribution < -0.4 is 38.2 Å². The highest BCUT2D eigenvalue weighted by atomic mass is 15.0. The molecule has 12 rings (SSSR count). The lowest BCUT2D eigenvalue weighted by molar-refractivity contribution is 1.18. The third kappa shape index (κ3) is 6.73. The first kappa shape index (κ1) is 42.6. The van der Waals surface area contributed by atoms with Crippen LogP contribution in [0.25, 0.3) is 111 Å². The number of para-hydroxylation sites is 1. The Balaban J connectivity index is 1.11. The minimum absolute atomic E-state index is 0.172. The Morgan fingerprint density at radius 2 is 0.710 bits per heavy atom. The van der Waals surface area contributed by atoms with Crippen molar-refractivity contribution in [2.45, 2.75) is 0 Å². The van der Waals surface area contributed by atoms with E-state index in [1.807, 2.05) is 47.0 Å². The van der Waals surface area contributed by atoms with Crippen LogP contribution in [0.15, 0.2) is 200 Å². The molecule has 69 heavy (non-hydrogen) atoms. The lowest BCUT2D eigenvalue weighted by Crippen LogP contribution is -2.48. The van der Waals surface area contributed by atoms with E-state index in [9.17, 15) is 0 Å². The van der Waals surface area contributed by atoms with E-state index in [1.165, 1.54) is 0 Å². The van der Waals surface area contributed by atoms with Crippen LogP contribution in [0.2, 0.25) is 0 Å². The number of hydrogen-bond donors (Lipinski definition) is 0. The lowest BCUT2D eigenvalue weighted by Gasteiger charge is -2.19. The summed E-state index contributed by atoms with van der Waals surface area (Å²) in [5.74, 6) is 0. The summed E-state index contributed by atoms with van der Waals surface area (Å²) in [5.41, 5.74) is 17.1. The maximum Gasteiger partial charge on any atom is 0.115 e. The molecule has 0 aliphatic carbocycles. The van der Waals surface area contributed by atoms with Crippen molar-refractivity contribution in [3.8, 4) is 67.0 Å². The quantitative estimate of drug-likeness (QED) is 0.145. The van der Waals surface area contributed by atoms with Crippen LogP contribution in [0, 0.1) is 0 Å². The minimum atomic E-state index is 0.172. The molecule has 0 saturated heterocycles. The van der Waals surface area contributed by atoms with Gasteiger partial charge in [-0.05, 0) is 91.9 Å². The fourth-order valence-corrected chi connectivity index (χ4v) is 10.4. The fraction of sp³-hybridized carbons (Fsp3) is 0. The average molecular weight is 858 g/mol. The van der Waals surface area contributed by atoms with Crippen LogP contribution in [0.5, 0.6) is 0 Å². The van der Waals surface area contributed by atoms with Gasteiger partial charge in [-0.15, -0.1) is 10.9 Å². The molecule has 0 bridgehead atoms. The van der Waals surface area contributed by atoms with Crippen LogP contribution in [0.4, 0.5) is 0 Å². The van der Waals surface area contributed by atoms with Gasteiger partial charge in [0.15, 0.2) is 0 Å². The van der Waals surface area contributed by atoms with Gasteiger partial charge < -0.3 is 9.13 Å². The van der Waals surface area contributed by atoms with E-state index in [0.29, 0.717) is 43.8 Å². The zero-order valence-electron chi connectivity index (χ0n) is 37.5. The van der Waals surface area contributed by atoms with Crippen LogP contribution in [0.1, 0.15) is 0 Å². The molecular formula is C60H33B7N2. The van der Waals surface area contributed by atoms with Crippen molar-refractivity contribution >= 4 is 137 Å². The van der Waals surface area contributed by atoms with Crippen LogP contribution in [0.3, 0.4) is 0 Å². The van der Waals surface area contributed by atoms with E-state index in [1.54, 1.807) is 0 Å². The smallest absolute Gasteiger partial charge is 0.115 e. The summed E-state index contributed by atoms with van der Waals surface area (Å²) in [7, 11) is 49.0. The fourth-order valence-electron chi connectivity index (χ4n) is 10.4. The molecule has 14 radical (unpaired) electrons. The molecule has 304 valence electrons. The van der Waals surface area contributed by atoms with Gasteiger partial charge in [0.25, 0.3) is 0 Å². The summed E-state index contributed by atoms with van der Waals surface area (Å²) in [5, 5.41) is 3.19. The largest absolute Gasteiger partial charge is 0.311 e. The number of hydrogen-bond acceptors (Lipinski definition) is 0. The van der Waals surface area contributed by atoms with Gasteiger partial charge in [-0.3, -0.25) is 0 Å². The van der Waals surface area contributed by atoms with Crippen molar-refractivity contribution in [1.82, 2.24) is 9.13 Å². The lowest BCUT2D eigenvalue weighted by atomic mass is 9.64. The van der Waals surface area contributed by atoms with Gasteiger partial charge in [0, 0.05) is 44.1 Å². The molecule has 9 heteroatoms. The van der Waals surface area contributed by atoms with Crippen molar-refractivity contribution < 1.29 is 0 Å². The van der Waals surface area contributed by atoms with Crippen molar-refractivity contribution in [2.75, 3.05) is 0 Å². The number of benzene rings is 10. The molecule has 0 atom stereocenters. The molecular weight excluding hydrogens is 824 g/mol. The molecule has 0 N–H and O–H groups in total. The second kappa shape index (κ2) is 16.8. The first-order valence-corrected chi connectivity index (χ1v) is 22.8. The second-order valence-corrected chi connectivity index (χ2v) is 17.6. The third-order valence-electron chi connectivity index (χ3n) is 13.8. The van der Waals surface area contributed by atoms with Gasteiger partial charge in [0.2, 0.25) is 0 Å². The predicted octanol–water partition coefficient (Wildman–Crippen LogP) is 7.77. The maximum absolute atomic E-state index is 7.45. The molecule has 0 spiro atoms. The molecule has 2 aromatic heterocycles. The highest BCUT2D eigenvalue weighted by molar-refractivity contribution is 6.69. The molecule has 10 aromatic carbocycles. The number of aromatic nitrogens is 2. The molecule has 0 aliphatic rings. The summed E-state index contributed by atoms with van der Waals surface area (Å²) in [6, 6.07) is 69.5. The zero-order valence-corrected chi connectivity index (χ0v) is 37.5. The van der Waals surface area contributed by atoms with E-state index >= 15 is 0 Å². The van der Waals surface area contributed by atoms with E-state index in [2.05, 4.69) is 162 Å². The van der Waals surface area contributed by atoms with Gasteiger partial charge in [0.1, 0.15) is 54.9 Å². The molecule has 2 nitrogen and oxygen atoms in total. The highest BCUT2D eigenvalue weighted by Crippen LogP contribution is 2.43. The monoisotopic (exact) mass is 858 g/mol. The molecule has 0 unspecified atom stereocenters. The average Bonchev–Trinajstić information content (AvgIpc) is 3.94. The molecule has 2 heterocycles. The molecule has 0 saturated carbocycles. The molecule has 0 aliphatic heterocycles. The standard InChI is InChI=1S/C60H33B7N2/c61-51-48(52(62)56(66)59-49(51)50-53(63)54(64)55(65)57(67)60(50)69(59)41-30-25-37(26-31-41)35-15-6-2-7-16-35)39-27-32-47-46(33-39)45-22-12-21-44(43-20-11-10-19-42(43)38-17-8-3-9-18-38)58(45)68(47)40-28-23-36(24-29-40)34-13-4-1-5-14-34/h1-33H. The SMILES string of the molecule is [B]c1c([B])c([B])c2c(c1[B])c1c([B])c(-c3ccc4c(c3)c3cccc(-c5ccccc5-c5ccccc5)c3n4-c3ccc(-c4ccccc4)cc3)c([B])c([B])c1n2-c1ccc(-c2ccccc2)cc1. The molecule has 0 fully saturated rings. The summed E-state index contributed by atoms with van der Waals surface area (Å²) < 4.78 is 4.30. The van der Waals surface area contributed by atoms with E-state index in [4.69, 9.17) is 54.9 Å². The van der Waals surface area contributed by atoms with Gasteiger partial charge in [-0.25, -0.2) is 0 Å². The maximum atomic E-state index is 7.45. The Hall–Kier alpha value is -7.75. The zero-order chi connectivity index (χ0) is 47.1. The molecule has 0 amide bonds. The van der Waals surface area contributed by atoms with E-state index < -0.39 is 0 Å². The summed E-state index contributed by atoms with van der Waals surface area (Å²) in [4.78, 5) is 0. The van der Waals surface area contributed by atoms with Crippen LogP contribution in [-0.4, -0.2) is 64.1 Å².